The summed E-state index contributed by atoms with van der Waals surface area (Å²) in [6, 6.07) is 19.5. The molecule has 0 aromatic heterocycles. The molecular weight excluding hydrogens is 300 g/mol. The van der Waals surface area contributed by atoms with E-state index >= 15 is 0 Å². The van der Waals surface area contributed by atoms with Crippen molar-refractivity contribution in [1.29, 1.82) is 5.26 Å². The van der Waals surface area contributed by atoms with Crippen LogP contribution < -0.4 is 10.2 Å². The summed E-state index contributed by atoms with van der Waals surface area (Å²) in [6.07, 6.45) is 0. The Morgan fingerprint density at radius 1 is 1.04 bits per heavy atom. The van der Waals surface area contributed by atoms with Gasteiger partial charge in [-0.25, -0.2) is 0 Å². The Labute approximate surface area is 142 Å². The smallest absolute Gasteiger partial charge is 0.241 e. The van der Waals surface area contributed by atoms with E-state index in [4.69, 9.17) is 5.26 Å². The summed E-state index contributed by atoms with van der Waals surface area (Å²) in [7, 11) is 0. The van der Waals surface area contributed by atoms with Crippen LogP contribution in [0.15, 0.2) is 54.6 Å². The van der Waals surface area contributed by atoms with E-state index in [9.17, 15) is 4.79 Å². The van der Waals surface area contributed by atoms with Crippen LogP contribution in [0.4, 0.5) is 11.4 Å². The molecule has 0 atom stereocenters. The van der Waals surface area contributed by atoms with Gasteiger partial charge in [-0.1, -0.05) is 24.3 Å². The molecule has 122 valence electrons. The minimum atomic E-state index is 0.0880. The molecule has 0 unspecified atom stereocenters. The molecule has 1 aliphatic heterocycles. The van der Waals surface area contributed by atoms with Crippen molar-refractivity contribution in [3.8, 4) is 6.07 Å². The second-order valence-corrected chi connectivity index (χ2v) is 5.75. The van der Waals surface area contributed by atoms with Crippen LogP contribution in [0.3, 0.4) is 0 Å². The molecule has 5 nitrogen and oxygen atoms in total. The summed E-state index contributed by atoms with van der Waals surface area (Å²) in [6.45, 7) is 3.40. The second kappa shape index (κ2) is 7.51. The first-order chi connectivity index (χ1) is 11.8. The maximum absolute atomic E-state index is 12.3. The Balaban J connectivity index is 1.49. The highest BCUT2D eigenvalue weighted by Crippen LogP contribution is 2.16. The fraction of sp³-hybridized carbons (Fsp3) is 0.263. The molecule has 24 heavy (non-hydrogen) atoms. The Morgan fingerprint density at radius 2 is 1.79 bits per heavy atom. The molecule has 0 spiro atoms. The van der Waals surface area contributed by atoms with Crippen molar-refractivity contribution < 1.29 is 4.79 Å². The highest BCUT2D eigenvalue weighted by Gasteiger charge is 2.20. The quantitative estimate of drug-likeness (QED) is 0.939. The van der Waals surface area contributed by atoms with E-state index in [0.717, 1.165) is 31.9 Å². The van der Waals surface area contributed by atoms with E-state index in [2.05, 4.69) is 28.4 Å². The van der Waals surface area contributed by atoms with Crippen LogP contribution in [0.5, 0.6) is 0 Å². The lowest BCUT2D eigenvalue weighted by molar-refractivity contribution is -0.129. The van der Waals surface area contributed by atoms with Crippen LogP contribution >= 0.6 is 0 Å². The summed E-state index contributed by atoms with van der Waals surface area (Å²) in [5, 5.41) is 12.0. The Bertz CT molecular complexity index is 731. The van der Waals surface area contributed by atoms with Crippen LogP contribution in [0.1, 0.15) is 5.56 Å². The lowest BCUT2D eigenvalue weighted by atomic mass is 10.2. The van der Waals surface area contributed by atoms with E-state index in [1.165, 1.54) is 5.69 Å². The molecule has 1 amide bonds. The van der Waals surface area contributed by atoms with Crippen LogP contribution in [0, 0.1) is 11.3 Å². The third-order valence-electron chi connectivity index (χ3n) is 4.19. The predicted molar refractivity (Wildman–Crippen MR) is 94.9 cm³/mol. The number of piperazine rings is 1. The first-order valence-electron chi connectivity index (χ1n) is 8.08. The molecule has 0 aliphatic carbocycles. The monoisotopic (exact) mass is 320 g/mol. The van der Waals surface area contributed by atoms with Gasteiger partial charge in [0.15, 0.2) is 0 Å². The molecule has 5 heteroatoms. The van der Waals surface area contributed by atoms with Crippen molar-refractivity contribution >= 4 is 17.3 Å². The number of carbonyl (C=O) groups is 1. The highest BCUT2D eigenvalue weighted by atomic mass is 16.2. The number of hydrogen-bond acceptors (Lipinski definition) is 4. The number of hydrogen-bond donors (Lipinski definition) is 1. The van der Waals surface area contributed by atoms with E-state index in [-0.39, 0.29) is 12.5 Å². The molecule has 2 aromatic rings. The summed E-state index contributed by atoms with van der Waals surface area (Å²) in [4.78, 5) is 16.5. The normalized spacial score (nSPS) is 14.1. The predicted octanol–water partition coefficient (Wildman–Crippen LogP) is 2.32. The summed E-state index contributed by atoms with van der Waals surface area (Å²) < 4.78 is 0. The topological polar surface area (TPSA) is 59.4 Å². The van der Waals surface area contributed by atoms with Gasteiger partial charge in [0.05, 0.1) is 18.2 Å². The van der Waals surface area contributed by atoms with Gasteiger partial charge in [0.25, 0.3) is 0 Å². The van der Waals surface area contributed by atoms with E-state index in [1.807, 2.05) is 35.2 Å². The third-order valence-corrected chi connectivity index (χ3v) is 4.19. The van der Waals surface area contributed by atoms with Gasteiger partial charge in [-0.2, -0.15) is 5.26 Å². The van der Waals surface area contributed by atoms with Gasteiger partial charge < -0.3 is 15.1 Å². The number of anilines is 2. The van der Waals surface area contributed by atoms with Gasteiger partial charge >= 0.3 is 0 Å². The Morgan fingerprint density at radius 3 is 2.50 bits per heavy atom. The largest absolute Gasteiger partial charge is 0.376 e. The highest BCUT2D eigenvalue weighted by molar-refractivity contribution is 5.81. The number of amides is 1. The first-order valence-corrected chi connectivity index (χ1v) is 8.08. The molecular formula is C19H20N4O. The maximum atomic E-state index is 12.3. The van der Waals surface area contributed by atoms with Gasteiger partial charge in [0, 0.05) is 37.6 Å². The van der Waals surface area contributed by atoms with Gasteiger partial charge in [-0.05, 0) is 30.3 Å². The van der Waals surface area contributed by atoms with Crippen molar-refractivity contribution in [2.45, 2.75) is 0 Å². The zero-order valence-corrected chi connectivity index (χ0v) is 13.5. The number of nitrogens with one attached hydrogen (secondary N) is 1. The van der Waals surface area contributed by atoms with Crippen LogP contribution in [-0.2, 0) is 4.79 Å². The van der Waals surface area contributed by atoms with Gasteiger partial charge in [-0.3, -0.25) is 4.79 Å². The molecule has 1 aliphatic rings. The first kappa shape index (κ1) is 15.9. The molecule has 1 heterocycles. The summed E-state index contributed by atoms with van der Waals surface area (Å²) >= 11 is 0. The van der Waals surface area contributed by atoms with Gasteiger partial charge in [-0.15, -0.1) is 0 Å². The third kappa shape index (κ3) is 3.85. The summed E-state index contributed by atoms with van der Waals surface area (Å²) in [5.41, 5.74) is 2.59. The minimum absolute atomic E-state index is 0.0880. The van der Waals surface area contributed by atoms with Crippen molar-refractivity contribution in [3.05, 3.63) is 60.2 Å². The van der Waals surface area contributed by atoms with E-state index in [1.54, 1.807) is 12.1 Å². The fourth-order valence-electron chi connectivity index (χ4n) is 2.84. The standard InChI is InChI=1S/C19H20N4O/c20-14-16-5-4-6-17(13-16)21-15-19(24)23-11-9-22(10-12-23)18-7-2-1-3-8-18/h1-8,13,21H,9-12,15H2. The number of nitrogens with zero attached hydrogens (tertiary/aromatic N) is 3. The molecule has 1 saturated heterocycles. The Hall–Kier alpha value is -3.00. The number of carbonyl (C=O) groups excluding carboxylic acids is 1. The number of benzene rings is 2. The molecule has 2 aromatic carbocycles. The molecule has 1 N–H and O–H groups in total. The lowest BCUT2D eigenvalue weighted by Gasteiger charge is -2.36. The van der Waals surface area contributed by atoms with Crippen molar-refractivity contribution in [2.75, 3.05) is 42.9 Å². The number of rotatable bonds is 4. The summed E-state index contributed by atoms with van der Waals surface area (Å²) in [5.74, 6) is 0.0880. The molecule has 0 radical (unpaired) electrons. The molecule has 0 saturated carbocycles. The van der Waals surface area contributed by atoms with Crippen LogP contribution in [0.2, 0.25) is 0 Å². The van der Waals surface area contributed by atoms with Crippen molar-refractivity contribution in [2.24, 2.45) is 0 Å². The fourth-order valence-corrected chi connectivity index (χ4v) is 2.84. The SMILES string of the molecule is N#Cc1cccc(NCC(=O)N2CCN(c3ccccc3)CC2)c1. The van der Waals surface area contributed by atoms with Crippen LogP contribution in [-0.4, -0.2) is 43.5 Å². The maximum Gasteiger partial charge on any atom is 0.241 e. The average Bonchev–Trinajstić information content (AvgIpc) is 2.67. The van der Waals surface area contributed by atoms with Crippen molar-refractivity contribution in [1.82, 2.24) is 4.90 Å². The lowest BCUT2D eigenvalue weighted by Crippen LogP contribution is -2.50. The molecule has 1 fully saturated rings. The van der Waals surface area contributed by atoms with E-state index in [0.29, 0.717) is 5.56 Å². The molecule has 0 bridgehead atoms. The second-order valence-electron chi connectivity index (χ2n) is 5.75. The zero-order chi connectivity index (χ0) is 16.8. The van der Waals surface area contributed by atoms with Crippen LogP contribution in [0.25, 0.3) is 0 Å². The zero-order valence-electron chi connectivity index (χ0n) is 13.5. The van der Waals surface area contributed by atoms with E-state index < -0.39 is 0 Å². The average molecular weight is 320 g/mol. The number of para-hydroxylation sites is 1. The van der Waals surface area contributed by atoms with Gasteiger partial charge in [0.1, 0.15) is 0 Å². The Kier molecular flexibility index (Phi) is 4.97. The minimum Gasteiger partial charge on any atom is -0.376 e. The van der Waals surface area contributed by atoms with Gasteiger partial charge in [0.2, 0.25) is 5.91 Å². The number of nitriles is 1. The van der Waals surface area contributed by atoms with Crippen molar-refractivity contribution in [3.63, 3.8) is 0 Å². The molecule has 3 rings (SSSR count).